The molecule has 7 N–H and O–H groups in total. The van der Waals surface area contributed by atoms with Crippen molar-refractivity contribution < 1.29 is 14.9 Å². The molecule has 34 heavy (non-hydrogen) atoms. The minimum Gasteiger partial charge on any atom is -0.388 e. The molecule has 10 nitrogen and oxygen atoms in total. The molecule has 0 unspecified atom stereocenters. The van der Waals surface area contributed by atoms with Gasteiger partial charge < -0.3 is 36.3 Å². The van der Waals surface area contributed by atoms with Crippen LogP contribution in [0.4, 0.5) is 17.2 Å². The molecule has 1 saturated heterocycles. The third-order valence-corrected chi connectivity index (χ3v) is 5.83. The molecule has 0 radical (unpaired) electrons. The Morgan fingerprint density at radius 1 is 1.03 bits per heavy atom. The molecule has 3 heterocycles. The Morgan fingerprint density at radius 2 is 1.76 bits per heavy atom. The van der Waals surface area contributed by atoms with Gasteiger partial charge in [0.25, 0.3) is 0 Å². The van der Waals surface area contributed by atoms with E-state index in [0.29, 0.717) is 17.2 Å². The molecule has 4 atom stereocenters. The standard InChI is InChI=1S/C24H25N7O3/c1-13-19(32)20(33)23(34-13)31-11-17(14-5-3-2-4-6-14)18-21(27-12-28-22(18)31)29-15-7-9-16(10-8-15)30-24(25)26/h2-13,19-20,23,32-33H,1H3,(H4,25,26,30)(H,27,28,29)/t13-,19-,20-,23-/m1/s1. The van der Waals surface area contributed by atoms with E-state index in [9.17, 15) is 10.2 Å². The van der Waals surface area contributed by atoms with E-state index in [1.165, 1.54) is 6.33 Å². The number of ether oxygens (including phenoxy) is 1. The lowest BCUT2D eigenvalue weighted by atomic mass is 10.1. The van der Waals surface area contributed by atoms with Crippen LogP contribution in [0.15, 0.2) is 72.1 Å². The fourth-order valence-electron chi connectivity index (χ4n) is 4.17. The molecule has 0 amide bonds. The van der Waals surface area contributed by atoms with Crippen molar-refractivity contribution in [2.45, 2.75) is 31.5 Å². The van der Waals surface area contributed by atoms with Crippen molar-refractivity contribution in [3.05, 3.63) is 67.1 Å². The number of aliphatic hydroxyl groups is 2. The van der Waals surface area contributed by atoms with Gasteiger partial charge in [0.1, 0.15) is 30.0 Å². The molecule has 5 rings (SSSR count). The van der Waals surface area contributed by atoms with Crippen molar-refractivity contribution in [2.75, 3.05) is 5.32 Å². The molecule has 1 aliphatic heterocycles. The Hall–Kier alpha value is -3.99. The number of aromatic nitrogens is 3. The fraction of sp³-hybridized carbons (Fsp3) is 0.208. The van der Waals surface area contributed by atoms with Gasteiger partial charge in [-0.1, -0.05) is 30.3 Å². The van der Waals surface area contributed by atoms with E-state index in [1.807, 2.05) is 48.7 Å². The zero-order valence-corrected chi connectivity index (χ0v) is 18.4. The zero-order valence-electron chi connectivity index (χ0n) is 18.4. The molecule has 0 spiro atoms. The smallest absolute Gasteiger partial charge is 0.191 e. The number of hydrogen-bond acceptors (Lipinski definition) is 7. The number of nitrogens with zero attached hydrogens (tertiary/aromatic N) is 4. The lowest BCUT2D eigenvalue weighted by molar-refractivity contribution is -0.0295. The largest absolute Gasteiger partial charge is 0.388 e. The van der Waals surface area contributed by atoms with Crippen LogP contribution in [-0.4, -0.2) is 49.0 Å². The van der Waals surface area contributed by atoms with Crippen LogP contribution in [0.5, 0.6) is 0 Å². The van der Waals surface area contributed by atoms with E-state index in [2.05, 4.69) is 20.3 Å². The van der Waals surface area contributed by atoms with E-state index in [4.69, 9.17) is 16.2 Å². The topological polar surface area (TPSA) is 157 Å². The van der Waals surface area contributed by atoms with Crippen molar-refractivity contribution in [1.29, 1.82) is 0 Å². The number of nitrogens with one attached hydrogen (secondary N) is 1. The monoisotopic (exact) mass is 459 g/mol. The van der Waals surface area contributed by atoms with Crippen LogP contribution in [0.3, 0.4) is 0 Å². The summed E-state index contributed by atoms with van der Waals surface area (Å²) in [6, 6.07) is 17.1. The third-order valence-electron chi connectivity index (χ3n) is 5.83. The highest BCUT2D eigenvalue weighted by Gasteiger charge is 2.42. The van der Waals surface area contributed by atoms with Gasteiger partial charge in [0.05, 0.1) is 17.2 Å². The minimum absolute atomic E-state index is 0.0113. The van der Waals surface area contributed by atoms with Gasteiger partial charge in [-0.15, -0.1) is 0 Å². The average Bonchev–Trinajstić information content (AvgIpc) is 3.34. The summed E-state index contributed by atoms with van der Waals surface area (Å²) in [6.45, 7) is 1.73. The number of aliphatic hydroxyl groups excluding tert-OH is 2. The molecule has 4 aromatic rings. The summed E-state index contributed by atoms with van der Waals surface area (Å²) in [5.41, 5.74) is 14.7. The SMILES string of the molecule is C[C@H]1O[C@@H](n2cc(-c3ccccc3)c3c(Nc4ccc(N=C(N)N)cc4)ncnc32)[C@H](O)[C@@H]1O. The van der Waals surface area contributed by atoms with E-state index < -0.39 is 24.5 Å². The van der Waals surface area contributed by atoms with Crippen molar-refractivity contribution in [2.24, 2.45) is 16.5 Å². The molecular formula is C24H25N7O3. The minimum atomic E-state index is -1.09. The molecule has 0 saturated carbocycles. The molecule has 2 aromatic carbocycles. The molecule has 2 aromatic heterocycles. The number of guanidine groups is 1. The van der Waals surface area contributed by atoms with Crippen LogP contribution >= 0.6 is 0 Å². The first kappa shape index (κ1) is 21.8. The van der Waals surface area contributed by atoms with Crippen molar-refractivity contribution >= 4 is 34.2 Å². The normalized spacial score (nSPS) is 22.1. The van der Waals surface area contributed by atoms with E-state index in [0.717, 1.165) is 22.2 Å². The number of anilines is 2. The van der Waals surface area contributed by atoms with Gasteiger partial charge in [-0.2, -0.15) is 0 Å². The molecule has 1 aliphatic rings. The van der Waals surface area contributed by atoms with Crippen LogP contribution in [0.1, 0.15) is 13.2 Å². The highest BCUT2D eigenvalue weighted by molar-refractivity contribution is 6.02. The van der Waals surface area contributed by atoms with E-state index in [1.54, 1.807) is 23.6 Å². The highest BCUT2D eigenvalue weighted by Crippen LogP contribution is 2.39. The number of fused-ring (bicyclic) bond motifs is 1. The summed E-state index contributed by atoms with van der Waals surface area (Å²) in [5.74, 6) is 0.570. The van der Waals surface area contributed by atoms with Gasteiger partial charge in [0.2, 0.25) is 0 Å². The lowest BCUT2D eigenvalue weighted by Gasteiger charge is -2.17. The second-order valence-electron chi connectivity index (χ2n) is 8.16. The lowest BCUT2D eigenvalue weighted by Crippen LogP contribution is -2.30. The summed E-state index contributed by atoms with van der Waals surface area (Å²) in [6.07, 6.45) is -0.0625. The molecule has 10 heteroatoms. The Labute approximate surface area is 195 Å². The van der Waals surface area contributed by atoms with E-state index >= 15 is 0 Å². The second-order valence-corrected chi connectivity index (χ2v) is 8.16. The van der Waals surface area contributed by atoms with Gasteiger partial charge in [0, 0.05) is 17.4 Å². The zero-order chi connectivity index (χ0) is 23.8. The van der Waals surface area contributed by atoms with Crippen molar-refractivity contribution in [1.82, 2.24) is 14.5 Å². The second kappa shape index (κ2) is 8.75. The van der Waals surface area contributed by atoms with Crippen LogP contribution in [0, 0.1) is 0 Å². The predicted octanol–water partition coefficient (Wildman–Crippen LogP) is 2.39. The Balaban J connectivity index is 1.62. The van der Waals surface area contributed by atoms with Gasteiger partial charge >= 0.3 is 0 Å². The summed E-state index contributed by atoms with van der Waals surface area (Å²) >= 11 is 0. The molecule has 0 bridgehead atoms. The molecule has 1 fully saturated rings. The fourth-order valence-corrected chi connectivity index (χ4v) is 4.17. The van der Waals surface area contributed by atoms with Crippen LogP contribution in [0.2, 0.25) is 0 Å². The number of rotatable bonds is 5. The summed E-state index contributed by atoms with van der Waals surface area (Å²) < 4.78 is 7.64. The maximum atomic E-state index is 10.6. The van der Waals surface area contributed by atoms with Crippen LogP contribution < -0.4 is 16.8 Å². The third kappa shape index (κ3) is 3.94. The van der Waals surface area contributed by atoms with Crippen LogP contribution in [0.25, 0.3) is 22.2 Å². The van der Waals surface area contributed by atoms with Crippen LogP contribution in [-0.2, 0) is 4.74 Å². The van der Waals surface area contributed by atoms with Gasteiger partial charge in [0.15, 0.2) is 12.2 Å². The first-order chi connectivity index (χ1) is 16.4. The average molecular weight is 460 g/mol. The Bertz CT molecular complexity index is 1330. The summed E-state index contributed by atoms with van der Waals surface area (Å²) in [5, 5.41) is 25.0. The predicted molar refractivity (Wildman–Crippen MR) is 130 cm³/mol. The summed E-state index contributed by atoms with van der Waals surface area (Å²) in [4.78, 5) is 13.0. The maximum Gasteiger partial charge on any atom is 0.191 e. The van der Waals surface area contributed by atoms with Crippen molar-refractivity contribution in [3.63, 3.8) is 0 Å². The van der Waals surface area contributed by atoms with Gasteiger partial charge in [-0.25, -0.2) is 15.0 Å². The first-order valence-electron chi connectivity index (χ1n) is 10.8. The first-order valence-corrected chi connectivity index (χ1v) is 10.8. The van der Waals surface area contributed by atoms with Crippen molar-refractivity contribution in [3.8, 4) is 11.1 Å². The quantitative estimate of drug-likeness (QED) is 0.225. The molecular weight excluding hydrogens is 434 g/mol. The number of nitrogens with two attached hydrogens (primary N) is 2. The Morgan fingerprint density at radius 3 is 2.41 bits per heavy atom. The highest BCUT2D eigenvalue weighted by atomic mass is 16.6. The Kier molecular flexibility index (Phi) is 5.62. The van der Waals surface area contributed by atoms with Gasteiger partial charge in [-0.3, -0.25) is 0 Å². The number of benzene rings is 2. The molecule has 0 aliphatic carbocycles. The number of aliphatic imine (C=N–C) groups is 1. The summed E-state index contributed by atoms with van der Waals surface area (Å²) in [7, 11) is 0. The number of hydrogen-bond donors (Lipinski definition) is 5. The van der Waals surface area contributed by atoms with E-state index in [-0.39, 0.29) is 5.96 Å². The van der Waals surface area contributed by atoms with Gasteiger partial charge in [-0.05, 0) is 36.8 Å². The molecule has 174 valence electrons. The maximum absolute atomic E-state index is 10.6.